The second kappa shape index (κ2) is 7.98. The predicted molar refractivity (Wildman–Crippen MR) is 123 cm³/mol. The van der Waals surface area contributed by atoms with E-state index in [0.717, 1.165) is 32.3 Å². The normalized spacial score (nSPS) is 18.4. The monoisotopic (exact) mass is 502 g/mol. The third-order valence-corrected chi connectivity index (χ3v) is 6.75. The molecule has 0 aliphatic carbocycles. The fourth-order valence-electron chi connectivity index (χ4n) is 3.38. The number of carbonyl (C=O) groups is 3. The number of amides is 2. The number of benzene rings is 2. The summed E-state index contributed by atoms with van der Waals surface area (Å²) in [5.74, 6) is -2.03. The Hall–Kier alpha value is -2.49. The van der Waals surface area contributed by atoms with Crippen LogP contribution in [0, 0.1) is 6.92 Å². The number of carboxylic acid groups (broad SMARTS) is 1. The standard InChI is InChI=1S/C21H15BrN2O4S2/c1-11-2-4-12(5-3-11)9-23-15-7-6-13(22)8-14(15)17(19(23)27)18-20(28)24(10-16(25)26)21(29)30-18/h2-8H,9-10H2,1H3,(H,25,26). The Labute approximate surface area is 190 Å². The maximum Gasteiger partial charge on any atom is 0.323 e. The number of hydrogen-bond donors (Lipinski definition) is 1. The topological polar surface area (TPSA) is 77.9 Å². The first-order chi connectivity index (χ1) is 14.3. The van der Waals surface area contributed by atoms with Gasteiger partial charge in [0.2, 0.25) is 0 Å². The minimum Gasteiger partial charge on any atom is -0.480 e. The van der Waals surface area contributed by atoms with Crippen molar-refractivity contribution in [3.05, 3.63) is 68.5 Å². The third kappa shape index (κ3) is 3.68. The van der Waals surface area contributed by atoms with Crippen molar-refractivity contribution in [1.82, 2.24) is 4.90 Å². The van der Waals surface area contributed by atoms with E-state index in [2.05, 4.69) is 15.9 Å². The zero-order valence-electron chi connectivity index (χ0n) is 15.7. The van der Waals surface area contributed by atoms with Gasteiger partial charge in [0.15, 0.2) is 0 Å². The molecule has 0 bridgehead atoms. The van der Waals surface area contributed by atoms with Crippen molar-refractivity contribution in [2.45, 2.75) is 13.5 Å². The Bertz CT molecular complexity index is 1140. The zero-order valence-corrected chi connectivity index (χ0v) is 18.9. The van der Waals surface area contributed by atoms with E-state index in [9.17, 15) is 14.4 Å². The molecule has 2 aromatic carbocycles. The van der Waals surface area contributed by atoms with Gasteiger partial charge in [0, 0.05) is 10.0 Å². The van der Waals surface area contributed by atoms with Gasteiger partial charge in [0.25, 0.3) is 11.8 Å². The fourth-order valence-corrected chi connectivity index (χ4v) is 5.06. The molecule has 152 valence electrons. The molecule has 0 spiro atoms. The first-order valence-electron chi connectivity index (χ1n) is 8.93. The lowest BCUT2D eigenvalue weighted by molar-refractivity contribution is -0.140. The fraction of sp³-hybridized carbons (Fsp3) is 0.143. The molecule has 4 rings (SSSR count). The first-order valence-corrected chi connectivity index (χ1v) is 10.9. The van der Waals surface area contributed by atoms with E-state index in [1.807, 2.05) is 43.3 Å². The number of fused-ring (bicyclic) bond motifs is 1. The van der Waals surface area contributed by atoms with E-state index in [-0.39, 0.29) is 20.7 Å². The molecule has 2 aromatic rings. The molecule has 2 heterocycles. The molecule has 9 heteroatoms. The molecule has 1 saturated heterocycles. The number of halogens is 1. The maximum atomic E-state index is 13.4. The van der Waals surface area contributed by atoms with Crippen LogP contribution in [0.1, 0.15) is 16.7 Å². The lowest BCUT2D eigenvalue weighted by atomic mass is 10.1. The number of carboxylic acids is 1. The number of carbonyl (C=O) groups excluding carboxylic acids is 2. The summed E-state index contributed by atoms with van der Waals surface area (Å²) in [4.78, 5) is 40.2. The lowest BCUT2D eigenvalue weighted by Crippen LogP contribution is -2.33. The largest absolute Gasteiger partial charge is 0.480 e. The number of anilines is 1. The average Bonchev–Trinajstić information content (AvgIpc) is 3.10. The molecule has 0 unspecified atom stereocenters. The number of rotatable bonds is 4. The van der Waals surface area contributed by atoms with Gasteiger partial charge in [-0.25, -0.2) is 0 Å². The van der Waals surface area contributed by atoms with Crippen molar-refractivity contribution in [3.8, 4) is 0 Å². The van der Waals surface area contributed by atoms with Crippen molar-refractivity contribution in [1.29, 1.82) is 0 Å². The molecule has 2 amide bonds. The highest BCUT2D eigenvalue weighted by molar-refractivity contribution is 9.10. The number of aliphatic carboxylic acids is 1. The van der Waals surface area contributed by atoms with Crippen LogP contribution in [0.25, 0.3) is 5.57 Å². The Morgan fingerprint density at radius 1 is 1.10 bits per heavy atom. The number of aryl methyl sites for hydroxylation is 1. The summed E-state index contributed by atoms with van der Waals surface area (Å²) < 4.78 is 0.899. The summed E-state index contributed by atoms with van der Waals surface area (Å²) >= 11 is 9.59. The minimum absolute atomic E-state index is 0.131. The van der Waals surface area contributed by atoms with Crippen LogP contribution in [0.15, 0.2) is 51.8 Å². The highest BCUT2D eigenvalue weighted by atomic mass is 79.9. The van der Waals surface area contributed by atoms with Crippen LogP contribution >= 0.6 is 39.9 Å². The van der Waals surface area contributed by atoms with Crippen LogP contribution < -0.4 is 4.90 Å². The summed E-state index contributed by atoms with van der Waals surface area (Å²) in [6, 6.07) is 13.4. The Morgan fingerprint density at radius 2 is 1.80 bits per heavy atom. The molecule has 0 aromatic heterocycles. The molecule has 2 aliphatic rings. The highest BCUT2D eigenvalue weighted by Crippen LogP contribution is 2.45. The SMILES string of the molecule is Cc1ccc(CN2C(=O)C(=C3SC(=S)N(CC(=O)O)C3=O)c3cc(Br)ccc32)cc1. The maximum absolute atomic E-state index is 13.4. The van der Waals surface area contributed by atoms with Crippen LogP contribution in [0.3, 0.4) is 0 Å². The molecule has 30 heavy (non-hydrogen) atoms. The van der Waals surface area contributed by atoms with Gasteiger partial charge >= 0.3 is 5.97 Å². The van der Waals surface area contributed by atoms with Crippen molar-refractivity contribution in [2.75, 3.05) is 11.4 Å². The Balaban J connectivity index is 1.79. The van der Waals surface area contributed by atoms with Gasteiger partial charge in [-0.15, -0.1) is 0 Å². The highest BCUT2D eigenvalue weighted by Gasteiger charge is 2.42. The zero-order chi connectivity index (χ0) is 21.6. The lowest BCUT2D eigenvalue weighted by Gasteiger charge is -2.17. The van der Waals surface area contributed by atoms with Gasteiger partial charge in [-0.2, -0.15) is 0 Å². The number of hydrogen-bond acceptors (Lipinski definition) is 5. The molecular weight excluding hydrogens is 488 g/mol. The summed E-state index contributed by atoms with van der Waals surface area (Å²) in [5, 5.41) is 9.07. The predicted octanol–water partition coefficient (Wildman–Crippen LogP) is 3.96. The smallest absolute Gasteiger partial charge is 0.323 e. The second-order valence-electron chi connectivity index (χ2n) is 6.90. The number of nitrogens with zero attached hydrogens (tertiary/aromatic N) is 2. The second-order valence-corrected chi connectivity index (χ2v) is 9.46. The molecule has 0 atom stereocenters. The molecule has 0 radical (unpaired) electrons. The van der Waals surface area contributed by atoms with Crippen LogP contribution in [-0.4, -0.2) is 38.7 Å². The Kier molecular flexibility index (Phi) is 5.52. The third-order valence-electron chi connectivity index (χ3n) is 4.81. The molecule has 1 N–H and O–H groups in total. The van der Waals surface area contributed by atoms with Crippen LogP contribution in [0.4, 0.5) is 5.69 Å². The van der Waals surface area contributed by atoms with E-state index in [1.54, 1.807) is 11.0 Å². The molecule has 2 aliphatic heterocycles. The quantitative estimate of drug-likeness (QED) is 0.503. The van der Waals surface area contributed by atoms with Crippen LogP contribution in [0.5, 0.6) is 0 Å². The van der Waals surface area contributed by atoms with Crippen LogP contribution in [-0.2, 0) is 20.9 Å². The van der Waals surface area contributed by atoms with Crippen molar-refractivity contribution in [2.24, 2.45) is 0 Å². The summed E-state index contributed by atoms with van der Waals surface area (Å²) in [5.41, 5.74) is 3.66. The van der Waals surface area contributed by atoms with Crippen molar-refractivity contribution < 1.29 is 19.5 Å². The molecule has 0 saturated carbocycles. The van der Waals surface area contributed by atoms with E-state index >= 15 is 0 Å². The Morgan fingerprint density at radius 3 is 2.47 bits per heavy atom. The number of thioether (sulfide) groups is 1. The van der Waals surface area contributed by atoms with Gasteiger partial charge in [-0.3, -0.25) is 19.3 Å². The van der Waals surface area contributed by atoms with E-state index in [4.69, 9.17) is 17.3 Å². The summed E-state index contributed by atoms with van der Waals surface area (Å²) in [6.07, 6.45) is 0. The average molecular weight is 503 g/mol. The molecule has 6 nitrogen and oxygen atoms in total. The minimum atomic E-state index is -1.17. The van der Waals surface area contributed by atoms with Gasteiger partial charge in [0.1, 0.15) is 10.9 Å². The van der Waals surface area contributed by atoms with Gasteiger partial charge in [-0.1, -0.05) is 69.7 Å². The summed E-state index contributed by atoms with van der Waals surface area (Å²) in [7, 11) is 0. The first kappa shape index (κ1) is 20.8. The molecular formula is C21H15BrN2O4S2. The van der Waals surface area contributed by atoms with Gasteiger partial charge < -0.3 is 10.0 Å². The molecule has 1 fully saturated rings. The van der Waals surface area contributed by atoms with E-state index < -0.39 is 18.4 Å². The van der Waals surface area contributed by atoms with Crippen molar-refractivity contribution in [3.63, 3.8) is 0 Å². The van der Waals surface area contributed by atoms with E-state index in [1.165, 1.54) is 0 Å². The number of thiocarbonyl (C=S) groups is 1. The van der Waals surface area contributed by atoms with Gasteiger partial charge in [-0.05, 0) is 30.7 Å². The van der Waals surface area contributed by atoms with Crippen molar-refractivity contribution >= 4 is 73.3 Å². The summed E-state index contributed by atoms with van der Waals surface area (Å²) in [6.45, 7) is 1.82. The van der Waals surface area contributed by atoms with Gasteiger partial charge in [0.05, 0.1) is 22.7 Å². The van der Waals surface area contributed by atoms with Crippen LogP contribution in [0.2, 0.25) is 0 Å². The van der Waals surface area contributed by atoms with E-state index in [0.29, 0.717) is 17.8 Å².